The molecule has 0 atom stereocenters. The van der Waals surface area contributed by atoms with Crippen molar-refractivity contribution in [3.8, 4) is 0 Å². The van der Waals surface area contributed by atoms with Gasteiger partial charge in [0, 0.05) is 12.3 Å². The molecule has 0 saturated carbocycles. The molecule has 9 heteroatoms. The van der Waals surface area contributed by atoms with Gasteiger partial charge in [-0.3, -0.25) is 9.59 Å². The van der Waals surface area contributed by atoms with Crippen LogP contribution in [-0.4, -0.2) is 26.5 Å². The van der Waals surface area contributed by atoms with Crippen LogP contribution in [0.2, 0.25) is 5.02 Å². The first kappa shape index (κ1) is 22.9. The molecule has 0 spiro atoms. The Morgan fingerprint density at radius 3 is 2.25 bits per heavy atom. The van der Waals surface area contributed by atoms with Gasteiger partial charge in [0.05, 0.1) is 17.1 Å². The van der Waals surface area contributed by atoms with E-state index in [9.17, 15) is 28.3 Å². The highest BCUT2D eigenvalue weighted by atomic mass is 35.5. The van der Waals surface area contributed by atoms with E-state index in [4.69, 9.17) is 16.7 Å². The fourth-order valence-corrected chi connectivity index (χ4v) is 3.23. The van der Waals surface area contributed by atoms with Crippen molar-refractivity contribution in [1.82, 2.24) is 4.57 Å². The SMILES string of the molecule is O=C(O)C(=O)/C=C(\O)c1cc(Cc2ccc(F)c(Cl)c2)cn(Cc2ccc(F)cc2)c1=O. The lowest BCUT2D eigenvalue weighted by Gasteiger charge is -2.12. The highest BCUT2D eigenvalue weighted by Gasteiger charge is 2.16. The molecule has 3 rings (SSSR count). The Labute approximate surface area is 185 Å². The summed E-state index contributed by atoms with van der Waals surface area (Å²) in [7, 11) is 0. The van der Waals surface area contributed by atoms with Gasteiger partial charge in [0.25, 0.3) is 11.3 Å². The third-order valence-electron chi connectivity index (χ3n) is 4.56. The summed E-state index contributed by atoms with van der Waals surface area (Å²) in [5, 5.41) is 18.9. The third-order valence-corrected chi connectivity index (χ3v) is 4.85. The zero-order chi connectivity index (χ0) is 23.4. The van der Waals surface area contributed by atoms with Crippen molar-refractivity contribution in [2.75, 3.05) is 0 Å². The van der Waals surface area contributed by atoms with Crippen LogP contribution in [0.25, 0.3) is 5.76 Å². The van der Waals surface area contributed by atoms with Crippen molar-refractivity contribution < 1.29 is 28.6 Å². The molecule has 6 nitrogen and oxygen atoms in total. The summed E-state index contributed by atoms with van der Waals surface area (Å²) in [6.07, 6.45) is 2.13. The highest BCUT2D eigenvalue weighted by molar-refractivity contribution is 6.38. The van der Waals surface area contributed by atoms with E-state index in [1.165, 1.54) is 59.3 Å². The summed E-state index contributed by atoms with van der Waals surface area (Å²) in [6.45, 7) is 0.0181. The number of aromatic nitrogens is 1. The minimum Gasteiger partial charge on any atom is -0.507 e. The van der Waals surface area contributed by atoms with Gasteiger partial charge >= 0.3 is 5.97 Å². The number of carbonyl (C=O) groups excluding carboxylic acids is 1. The first-order valence-corrected chi connectivity index (χ1v) is 9.62. The molecule has 2 aromatic carbocycles. The molecule has 0 unspecified atom stereocenters. The Balaban J connectivity index is 2.08. The van der Waals surface area contributed by atoms with Gasteiger partial charge in [0.1, 0.15) is 17.4 Å². The number of hydrogen-bond donors (Lipinski definition) is 2. The van der Waals surface area contributed by atoms with E-state index in [1.807, 2.05) is 0 Å². The number of ketones is 1. The van der Waals surface area contributed by atoms with E-state index < -0.39 is 34.7 Å². The van der Waals surface area contributed by atoms with Gasteiger partial charge in [0.15, 0.2) is 0 Å². The van der Waals surface area contributed by atoms with Crippen LogP contribution in [0.3, 0.4) is 0 Å². The number of aliphatic hydroxyl groups excluding tert-OH is 1. The van der Waals surface area contributed by atoms with Crippen molar-refractivity contribution in [2.45, 2.75) is 13.0 Å². The van der Waals surface area contributed by atoms with E-state index in [-0.39, 0.29) is 23.6 Å². The van der Waals surface area contributed by atoms with Crippen LogP contribution in [0.4, 0.5) is 8.78 Å². The van der Waals surface area contributed by atoms with Crippen LogP contribution >= 0.6 is 11.6 Å². The smallest absolute Gasteiger partial charge is 0.376 e. The van der Waals surface area contributed by atoms with Gasteiger partial charge in [-0.25, -0.2) is 13.6 Å². The van der Waals surface area contributed by atoms with Gasteiger partial charge in [-0.05, 0) is 53.4 Å². The molecule has 1 aromatic heterocycles. The normalized spacial score (nSPS) is 11.4. The number of rotatable bonds is 7. The van der Waals surface area contributed by atoms with Gasteiger partial charge in [-0.2, -0.15) is 0 Å². The summed E-state index contributed by atoms with van der Waals surface area (Å²) in [4.78, 5) is 35.1. The van der Waals surface area contributed by atoms with Gasteiger partial charge in [-0.15, -0.1) is 0 Å². The number of aliphatic hydroxyl groups is 1. The molecule has 3 aromatic rings. The Bertz CT molecular complexity index is 1280. The fourth-order valence-electron chi connectivity index (χ4n) is 3.03. The lowest BCUT2D eigenvalue weighted by atomic mass is 10.0. The molecule has 0 radical (unpaired) electrons. The number of halogens is 3. The molecular formula is C23H16ClF2NO5. The van der Waals surface area contributed by atoms with E-state index in [0.717, 1.165) is 0 Å². The molecule has 0 aliphatic carbocycles. The van der Waals surface area contributed by atoms with Crippen molar-refractivity contribution in [3.05, 3.63) is 110 Å². The summed E-state index contributed by atoms with van der Waals surface area (Å²) in [5.74, 6) is -5.04. The third kappa shape index (κ3) is 5.47. The number of pyridine rings is 1. The topological polar surface area (TPSA) is 96.6 Å². The van der Waals surface area contributed by atoms with Crippen molar-refractivity contribution in [1.29, 1.82) is 0 Å². The molecular weight excluding hydrogens is 444 g/mol. The maximum atomic E-state index is 13.5. The molecule has 0 saturated heterocycles. The maximum absolute atomic E-state index is 13.5. The van der Waals surface area contributed by atoms with E-state index in [0.29, 0.717) is 22.8 Å². The van der Waals surface area contributed by atoms with E-state index in [1.54, 1.807) is 0 Å². The number of benzene rings is 2. The second kappa shape index (κ2) is 9.57. The van der Waals surface area contributed by atoms with Crippen LogP contribution in [0.1, 0.15) is 22.3 Å². The number of carbonyl (C=O) groups is 2. The molecule has 0 aliphatic rings. The zero-order valence-corrected chi connectivity index (χ0v) is 17.1. The van der Waals surface area contributed by atoms with Gasteiger partial charge < -0.3 is 14.8 Å². The van der Waals surface area contributed by atoms with Gasteiger partial charge in [0.2, 0.25) is 0 Å². The molecule has 32 heavy (non-hydrogen) atoms. The standard InChI is InChI=1S/C23H16ClF2NO5/c24-18-9-14(3-6-19(18)26)7-15-8-17(20(28)10-21(29)23(31)32)22(30)27(12-15)11-13-1-4-16(25)5-2-13/h1-6,8-10,12,28H,7,11H2,(H,31,32)/b20-10-. The molecule has 0 amide bonds. The largest absolute Gasteiger partial charge is 0.507 e. The van der Waals surface area contributed by atoms with Crippen LogP contribution in [0.15, 0.2) is 65.6 Å². The van der Waals surface area contributed by atoms with E-state index in [2.05, 4.69) is 0 Å². The fraction of sp³-hybridized carbons (Fsp3) is 0.0870. The lowest BCUT2D eigenvalue weighted by molar-refractivity contribution is -0.146. The molecule has 2 N–H and O–H groups in total. The van der Waals surface area contributed by atoms with Crippen LogP contribution in [-0.2, 0) is 22.6 Å². The number of aliphatic carboxylic acids is 1. The first-order chi connectivity index (χ1) is 15.1. The second-order valence-electron chi connectivity index (χ2n) is 6.95. The number of carboxylic acids is 1. The Kier molecular flexibility index (Phi) is 6.85. The molecule has 164 valence electrons. The van der Waals surface area contributed by atoms with Crippen molar-refractivity contribution in [3.63, 3.8) is 0 Å². The summed E-state index contributed by atoms with van der Waals surface area (Å²) in [5.41, 5.74) is 0.701. The quantitative estimate of drug-likeness (QED) is 0.316. The lowest BCUT2D eigenvalue weighted by Crippen LogP contribution is -2.25. The van der Waals surface area contributed by atoms with Gasteiger partial charge in [-0.1, -0.05) is 29.8 Å². The zero-order valence-electron chi connectivity index (χ0n) is 16.4. The Hall–Kier alpha value is -3.78. The summed E-state index contributed by atoms with van der Waals surface area (Å²) >= 11 is 5.82. The van der Waals surface area contributed by atoms with Crippen molar-refractivity contribution >= 4 is 29.1 Å². The van der Waals surface area contributed by atoms with Crippen LogP contribution in [0.5, 0.6) is 0 Å². The summed E-state index contributed by atoms with van der Waals surface area (Å²) in [6, 6.07) is 10.8. The maximum Gasteiger partial charge on any atom is 0.376 e. The minimum absolute atomic E-state index is 0.0181. The predicted molar refractivity (Wildman–Crippen MR) is 114 cm³/mol. The van der Waals surface area contributed by atoms with Crippen molar-refractivity contribution in [2.24, 2.45) is 0 Å². The Morgan fingerprint density at radius 1 is 0.969 bits per heavy atom. The molecule has 0 fully saturated rings. The number of hydrogen-bond acceptors (Lipinski definition) is 4. The van der Waals surface area contributed by atoms with Crippen LogP contribution in [0, 0.1) is 11.6 Å². The number of carboxylic acid groups (broad SMARTS) is 1. The Morgan fingerprint density at radius 2 is 1.62 bits per heavy atom. The average molecular weight is 460 g/mol. The van der Waals surface area contributed by atoms with Crippen LogP contribution < -0.4 is 5.56 Å². The second-order valence-corrected chi connectivity index (χ2v) is 7.35. The summed E-state index contributed by atoms with van der Waals surface area (Å²) < 4.78 is 27.9. The predicted octanol–water partition coefficient (Wildman–Crippen LogP) is 3.97. The number of nitrogens with zero attached hydrogens (tertiary/aromatic N) is 1. The molecule has 0 bridgehead atoms. The van der Waals surface area contributed by atoms with E-state index >= 15 is 0 Å². The monoisotopic (exact) mass is 459 g/mol. The molecule has 1 heterocycles. The highest BCUT2D eigenvalue weighted by Crippen LogP contribution is 2.20. The average Bonchev–Trinajstić information content (AvgIpc) is 2.74. The minimum atomic E-state index is -1.79. The molecule has 0 aliphatic heterocycles. The first-order valence-electron chi connectivity index (χ1n) is 9.24.